The molecule has 4 heteroatoms. The van der Waals surface area contributed by atoms with Crippen LogP contribution in [0.2, 0.25) is 0 Å². The number of benzene rings is 1. The van der Waals surface area contributed by atoms with Crippen molar-refractivity contribution in [1.29, 1.82) is 0 Å². The quantitative estimate of drug-likeness (QED) is 0.682. The predicted octanol–water partition coefficient (Wildman–Crippen LogP) is 3.97. The lowest BCUT2D eigenvalue weighted by Crippen LogP contribution is -2.31. The largest absolute Gasteiger partial charge is 0.490 e. The fourth-order valence-electron chi connectivity index (χ4n) is 3.44. The molecule has 0 amide bonds. The van der Waals surface area contributed by atoms with Crippen LogP contribution in [0.15, 0.2) is 48.8 Å². The summed E-state index contributed by atoms with van der Waals surface area (Å²) in [6.07, 6.45) is 9.22. The first-order chi connectivity index (χ1) is 12.7. The van der Waals surface area contributed by atoms with Crippen LogP contribution in [-0.4, -0.2) is 48.1 Å². The standard InChI is InChI=1S/C22H31N3O/c1-24(2)14-15-25(18-20-6-5-13-23-16-20)17-19-9-11-22(12-10-19)26-21-7-3-4-8-21/h5-6,9-13,16,21H,3-4,7-8,14-15,17-18H2,1-2H3. The van der Waals surface area contributed by atoms with Gasteiger partial charge in [0.2, 0.25) is 0 Å². The zero-order chi connectivity index (χ0) is 18.2. The Morgan fingerprint density at radius 2 is 1.69 bits per heavy atom. The van der Waals surface area contributed by atoms with Crippen LogP contribution in [-0.2, 0) is 13.1 Å². The van der Waals surface area contributed by atoms with Gasteiger partial charge in [-0.1, -0.05) is 18.2 Å². The lowest BCUT2D eigenvalue weighted by atomic mass is 10.2. The Hall–Kier alpha value is -1.91. The molecule has 1 aliphatic carbocycles. The van der Waals surface area contributed by atoms with Gasteiger partial charge in [0.15, 0.2) is 0 Å². The van der Waals surface area contributed by atoms with Crippen molar-refractivity contribution in [3.8, 4) is 5.75 Å². The second kappa shape index (κ2) is 9.70. The number of nitrogens with zero attached hydrogens (tertiary/aromatic N) is 3. The third-order valence-corrected chi connectivity index (χ3v) is 4.93. The van der Waals surface area contributed by atoms with E-state index in [4.69, 9.17) is 4.74 Å². The van der Waals surface area contributed by atoms with Gasteiger partial charge in [0.25, 0.3) is 0 Å². The molecule has 4 nitrogen and oxygen atoms in total. The van der Waals surface area contributed by atoms with Gasteiger partial charge < -0.3 is 9.64 Å². The lowest BCUT2D eigenvalue weighted by Gasteiger charge is -2.24. The van der Waals surface area contributed by atoms with Crippen LogP contribution >= 0.6 is 0 Å². The molecule has 0 saturated heterocycles. The van der Waals surface area contributed by atoms with Gasteiger partial charge in [-0.05, 0) is 69.1 Å². The van der Waals surface area contributed by atoms with Crippen LogP contribution in [0.3, 0.4) is 0 Å². The maximum Gasteiger partial charge on any atom is 0.119 e. The molecule has 1 aliphatic rings. The number of pyridine rings is 1. The first kappa shape index (κ1) is 18.9. The Bertz CT molecular complexity index is 636. The summed E-state index contributed by atoms with van der Waals surface area (Å²) in [5.41, 5.74) is 2.58. The molecule has 26 heavy (non-hydrogen) atoms. The molecule has 140 valence electrons. The SMILES string of the molecule is CN(C)CCN(Cc1ccc(OC2CCCC2)cc1)Cc1cccnc1. The van der Waals surface area contributed by atoms with Crippen LogP contribution in [0.25, 0.3) is 0 Å². The topological polar surface area (TPSA) is 28.6 Å². The van der Waals surface area contributed by atoms with Gasteiger partial charge in [0.05, 0.1) is 6.10 Å². The van der Waals surface area contributed by atoms with Crippen LogP contribution in [0.1, 0.15) is 36.8 Å². The molecule has 0 bridgehead atoms. The van der Waals surface area contributed by atoms with Gasteiger partial charge in [0, 0.05) is 38.6 Å². The number of ether oxygens (including phenoxy) is 1. The Morgan fingerprint density at radius 1 is 0.962 bits per heavy atom. The van der Waals surface area contributed by atoms with Crippen LogP contribution < -0.4 is 4.74 Å². The molecule has 0 radical (unpaired) electrons. The average Bonchev–Trinajstić information content (AvgIpc) is 3.15. The summed E-state index contributed by atoms with van der Waals surface area (Å²) in [6, 6.07) is 12.8. The summed E-state index contributed by atoms with van der Waals surface area (Å²) < 4.78 is 6.08. The highest BCUT2D eigenvalue weighted by Crippen LogP contribution is 2.24. The maximum atomic E-state index is 6.08. The second-order valence-electron chi connectivity index (χ2n) is 7.54. The van der Waals surface area contributed by atoms with E-state index in [0.29, 0.717) is 6.10 Å². The molecular weight excluding hydrogens is 322 g/mol. The van der Waals surface area contributed by atoms with E-state index in [0.717, 1.165) is 31.9 Å². The number of aromatic nitrogens is 1. The highest BCUT2D eigenvalue weighted by Gasteiger charge is 2.16. The van der Waals surface area contributed by atoms with E-state index in [1.165, 1.54) is 36.8 Å². The first-order valence-electron chi connectivity index (χ1n) is 9.70. The van der Waals surface area contributed by atoms with Crippen molar-refractivity contribution >= 4 is 0 Å². The summed E-state index contributed by atoms with van der Waals surface area (Å²) >= 11 is 0. The molecule has 0 spiro atoms. The van der Waals surface area contributed by atoms with Gasteiger partial charge in [-0.2, -0.15) is 0 Å². The minimum Gasteiger partial charge on any atom is -0.490 e. The molecule has 1 fully saturated rings. The van der Waals surface area contributed by atoms with Gasteiger partial charge in [-0.3, -0.25) is 9.88 Å². The number of likely N-dealkylation sites (N-methyl/N-ethyl adjacent to an activating group) is 1. The Labute approximate surface area is 157 Å². The van der Waals surface area contributed by atoms with Crippen molar-refractivity contribution < 1.29 is 4.74 Å². The molecule has 1 aromatic heterocycles. The third-order valence-electron chi connectivity index (χ3n) is 4.93. The van der Waals surface area contributed by atoms with E-state index < -0.39 is 0 Å². The fourth-order valence-corrected chi connectivity index (χ4v) is 3.44. The molecule has 2 aromatic rings. The Balaban J connectivity index is 1.59. The van der Waals surface area contributed by atoms with E-state index in [1.807, 2.05) is 18.5 Å². The van der Waals surface area contributed by atoms with Gasteiger partial charge in [0.1, 0.15) is 5.75 Å². The number of hydrogen-bond donors (Lipinski definition) is 0. The van der Waals surface area contributed by atoms with Gasteiger partial charge in [-0.25, -0.2) is 0 Å². The molecule has 0 aliphatic heterocycles. The van der Waals surface area contributed by atoms with E-state index in [9.17, 15) is 0 Å². The fraction of sp³-hybridized carbons (Fsp3) is 0.500. The van der Waals surface area contributed by atoms with E-state index in [1.54, 1.807) is 0 Å². The van der Waals surface area contributed by atoms with Crippen molar-refractivity contribution in [3.63, 3.8) is 0 Å². The second-order valence-corrected chi connectivity index (χ2v) is 7.54. The summed E-state index contributed by atoms with van der Waals surface area (Å²) in [6.45, 7) is 3.93. The van der Waals surface area contributed by atoms with Crippen molar-refractivity contribution in [1.82, 2.24) is 14.8 Å². The Morgan fingerprint density at radius 3 is 2.35 bits per heavy atom. The summed E-state index contributed by atoms with van der Waals surface area (Å²) in [7, 11) is 4.24. The van der Waals surface area contributed by atoms with Crippen LogP contribution in [0.5, 0.6) is 5.75 Å². The zero-order valence-electron chi connectivity index (χ0n) is 16.1. The number of rotatable bonds is 9. The molecule has 0 N–H and O–H groups in total. The monoisotopic (exact) mass is 353 g/mol. The highest BCUT2D eigenvalue weighted by atomic mass is 16.5. The van der Waals surface area contributed by atoms with Crippen molar-refractivity contribution in [2.75, 3.05) is 27.2 Å². The summed E-state index contributed by atoms with van der Waals surface area (Å²) in [5, 5.41) is 0. The van der Waals surface area contributed by atoms with Crippen LogP contribution in [0.4, 0.5) is 0 Å². The third kappa shape index (κ3) is 6.11. The minimum absolute atomic E-state index is 0.419. The molecule has 3 rings (SSSR count). The Kier molecular flexibility index (Phi) is 7.04. The first-order valence-corrected chi connectivity index (χ1v) is 9.70. The molecule has 1 heterocycles. The van der Waals surface area contributed by atoms with E-state index in [2.05, 4.69) is 59.2 Å². The predicted molar refractivity (Wildman–Crippen MR) is 106 cm³/mol. The molecule has 0 unspecified atom stereocenters. The summed E-state index contributed by atoms with van der Waals surface area (Å²) in [5.74, 6) is 1.01. The van der Waals surface area contributed by atoms with Gasteiger partial charge >= 0.3 is 0 Å². The van der Waals surface area contributed by atoms with Crippen molar-refractivity contribution in [2.24, 2.45) is 0 Å². The molecule has 0 atom stereocenters. The molecule has 1 aromatic carbocycles. The zero-order valence-corrected chi connectivity index (χ0v) is 16.1. The summed E-state index contributed by atoms with van der Waals surface area (Å²) in [4.78, 5) is 8.95. The van der Waals surface area contributed by atoms with E-state index >= 15 is 0 Å². The molecular formula is C22H31N3O. The maximum absolute atomic E-state index is 6.08. The van der Waals surface area contributed by atoms with E-state index in [-0.39, 0.29) is 0 Å². The minimum atomic E-state index is 0.419. The van der Waals surface area contributed by atoms with Gasteiger partial charge in [-0.15, -0.1) is 0 Å². The highest BCUT2D eigenvalue weighted by molar-refractivity contribution is 5.27. The molecule has 1 saturated carbocycles. The van der Waals surface area contributed by atoms with Crippen molar-refractivity contribution in [3.05, 3.63) is 59.9 Å². The van der Waals surface area contributed by atoms with Crippen molar-refractivity contribution in [2.45, 2.75) is 44.9 Å². The average molecular weight is 354 g/mol. The van der Waals surface area contributed by atoms with Crippen LogP contribution in [0, 0.1) is 0 Å². The number of hydrogen-bond acceptors (Lipinski definition) is 4. The smallest absolute Gasteiger partial charge is 0.119 e. The lowest BCUT2D eigenvalue weighted by molar-refractivity contribution is 0.209. The normalized spacial score (nSPS) is 15.1.